The molecule has 0 aliphatic rings. The fourth-order valence-corrected chi connectivity index (χ4v) is 2.37. The van der Waals surface area contributed by atoms with E-state index in [2.05, 4.69) is 10.6 Å². The number of rotatable bonds is 7. The fraction of sp³-hybridized carbons (Fsp3) is 0.300. The number of para-hydroxylation sites is 1. The second kappa shape index (κ2) is 9.90. The van der Waals surface area contributed by atoms with Gasteiger partial charge in [0.1, 0.15) is 5.82 Å². The first-order chi connectivity index (χ1) is 13.7. The Morgan fingerprint density at radius 2 is 1.83 bits per heavy atom. The molecule has 2 aromatic carbocycles. The Bertz CT molecular complexity index is 869. The largest absolute Gasteiger partial charge is 0.462 e. The molecule has 2 rings (SSSR count). The Morgan fingerprint density at radius 1 is 1.10 bits per heavy atom. The van der Waals surface area contributed by atoms with Crippen LogP contribution < -0.4 is 10.6 Å². The second-order valence-electron chi connectivity index (χ2n) is 6.15. The number of urea groups is 1. The van der Waals surface area contributed by atoms with Crippen molar-refractivity contribution in [3.05, 3.63) is 65.0 Å². The quantitative estimate of drug-likeness (QED) is 0.377. The van der Waals surface area contributed by atoms with Crippen LogP contribution in [0.25, 0.3) is 0 Å². The maximum atomic E-state index is 13.8. The predicted octanol–water partition coefficient (Wildman–Crippen LogP) is 5.12. The molecule has 0 aromatic heterocycles. The number of halogens is 4. The number of carbonyl (C=O) groups is 2. The lowest BCUT2D eigenvalue weighted by atomic mass is 10.1. The molecule has 2 N–H and O–H groups in total. The van der Waals surface area contributed by atoms with E-state index < -0.39 is 29.6 Å². The molecule has 0 fully saturated rings. The molecule has 0 heterocycles. The highest BCUT2D eigenvalue weighted by Crippen LogP contribution is 2.30. The minimum absolute atomic E-state index is 0.111. The van der Waals surface area contributed by atoms with Crippen LogP contribution in [0.1, 0.15) is 41.3 Å². The second-order valence-corrected chi connectivity index (χ2v) is 6.15. The number of ether oxygens (including phenoxy) is 1. The summed E-state index contributed by atoms with van der Waals surface area (Å²) in [6.07, 6.45) is -3.09. The van der Waals surface area contributed by atoms with Crippen LogP contribution in [0.4, 0.5) is 28.0 Å². The number of unbranched alkanes of at least 4 members (excludes halogenated alkanes) is 1. The normalized spacial score (nSPS) is 11.1. The Kier molecular flexibility index (Phi) is 7.58. The molecule has 0 saturated carbocycles. The van der Waals surface area contributed by atoms with Crippen molar-refractivity contribution < 1.29 is 31.9 Å². The summed E-state index contributed by atoms with van der Waals surface area (Å²) in [5.74, 6) is -1.68. The van der Waals surface area contributed by atoms with Crippen LogP contribution in [0.3, 0.4) is 0 Å². The van der Waals surface area contributed by atoms with Gasteiger partial charge in [0.15, 0.2) is 0 Å². The zero-order valence-corrected chi connectivity index (χ0v) is 15.6. The molecule has 0 bridgehead atoms. The highest BCUT2D eigenvalue weighted by molar-refractivity contribution is 6.00. The van der Waals surface area contributed by atoms with Crippen LogP contribution in [-0.2, 0) is 17.5 Å². The van der Waals surface area contributed by atoms with Crippen LogP contribution in [0.5, 0.6) is 0 Å². The Balaban J connectivity index is 1.99. The summed E-state index contributed by atoms with van der Waals surface area (Å²) in [7, 11) is 0. The lowest BCUT2D eigenvalue weighted by molar-refractivity contribution is -0.137. The van der Waals surface area contributed by atoms with Crippen molar-refractivity contribution in [3.63, 3.8) is 0 Å². The monoisotopic (exact) mass is 412 g/mol. The van der Waals surface area contributed by atoms with Gasteiger partial charge in [-0.2, -0.15) is 13.2 Å². The van der Waals surface area contributed by atoms with Crippen molar-refractivity contribution in [1.29, 1.82) is 0 Å². The summed E-state index contributed by atoms with van der Waals surface area (Å²) in [6.45, 7) is 1.87. The molecule has 2 aromatic rings. The van der Waals surface area contributed by atoms with E-state index in [1.807, 2.05) is 6.92 Å². The van der Waals surface area contributed by atoms with Crippen molar-refractivity contribution in [2.75, 3.05) is 11.9 Å². The zero-order chi connectivity index (χ0) is 21.4. The minimum Gasteiger partial charge on any atom is -0.462 e. The molecule has 0 spiro atoms. The molecule has 0 aliphatic carbocycles. The summed E-state index contributed by atoms with van der Waals surface area (Å²) in [4.78, 5) is 24.2. The molecule has 29 heavy (non-hydrogen) atoms. The first-order valence-electron chi connectivity index (χ1n) is 8.89. The number of esters is 1. The first kappa shape index (κ1) is 22.2. The number of carbonyl (C=O) groups excluding carboxylic acids is 2. The van der Waals surface area contributed by atoms with Gasteiger partial charge in [-0.3, -0.25) is 0 Å². The van der Waals surface area contributed by atoms with Gasteiger partial charge in [-0.05, 0) is 30.7 Å². The number of alkyl halides is 3. The number of benzene rings is 2. The molecule has 0 radical (unpaired) electrons. The molecule has 2 amide bonds. The Morgan fingerprint density at radius 3 is 2.48 bits per heavy atom. The number of anilines is 1. The molecule has 0 atom stereocenters. The van der Waals surface area contributed by atoms with E-state index in [4.69, 9.17) is 4.74 Å². The summed E-state index contributed by atoms with van der Waals surface area (Å²) in [6, 6.07) is 7.50. The average Bonchev–Trinajstić information content (AvgIpc) is 2.66. The van der Waals surface area contributed by atoms with E-state index in [9.17, 15) is 27.2 Å². The van der Waals surface area contributed by atoms with Crippen molar-refractivity contribution in [3.8, 4) is 0 Å². The lowest BCUT2D eigenvalue weighted by Crippen LogP contribution is -2.29. The smallest absolute Gasteiger partial charge is 0.416 e. The molecule has 0 unspecified atom stereocenters. The Hall–Kier alpha value is -3.10. The van der Waals surface area contributed by atoms with Gasteiger partial charge >= 0.3 is 18.2 Å². The van der Waals surface area contributed by atoms with Crippen molar-refractivity contribution in [2.45, 2.75) is 32.5 Å². The van der Waals surface area contributed by atoms with Gasteiger partial charge in [0, 0.05) is 12.1 Å². The maximum Gasteiger partial charge on any atom is 0.416 e. The molecule has 0 saturated heterocycles. The van der Waals surface area contributed by atoms with Gasteiger partial charge in [0.2, 0.25) is 0 Å². The lowest BCUT2D eigenvalue weighted by Gasteiger charge is -2.13. The summed E-state index contributed by atoms with van der Waals surface area (Å²) in [5, 5.41) is 4.80. The van der Waals surface area contributed by atoms with E-state index in [0.717, 1.165) is 18.6 Å². The minimum atomic E-state index is -4.65. The topological polar surface area (TPSA) is 67.4 Å². The van der Waals surface area contributed by atoms with Gasteiger partial charge in [0.05, 0.1) is 23.4 Å². The van der Waals surface area contributed by atoms with Gasteiger partial charge in [0.25, 0.3) is 0 Å². The SMILES string of the molecule is CCCCOC(=O)c1ccccc1NC(=O)NCc1ccc(C(F)(F)F)cc1F. The molecule has 9 heteroatoms. The Labute approximate surface area is 165 Å². The fourth-order valence-electron chi connectivity index (χ4n) is 2.37. The van der Waals surface area contributed by atoms with Gasteiger partial charge in [-0.1, -0.05) is 31.5 Å². The third kappa shape index (κ3) is 6.48. The highest BCUT2D eigenvalue weighted by atomic mass is 19.4. The van der Waals surface area contributed by atoms with Gasteiger partial charge < -0.3 is 15.4 Å². The van der Waals surface area contributed by atoms with Crippen LogP contribution in [-0.4, -0.2) is 18.6 Å². The van der Waals surface area contributed by atoms with E-state index in [1.54, 1.807) is 12.1 Å². The van der Waals surface area contributed by atoms with Crippen LogP contribution in [0, 0.1) is 5.82 Å². The van der Waals surface area contributed by atoms with E-state index in [0.29, 0.717) is 12.5 Å². The molecule has 156 valence electrons. The number of amides is 2. The third-order valence-electron chi connectivity index (χ3n) is 3.95. The average molecular weight is 412 g/mol. The molecule has 0 aliphatic heterocycles. The highest BCUT2D eigenvalue weighted by Gasteiger charge is 2.31. The van der Waals surface area contributed by atoms with E-state index in [1.165, 1.54) is 12.1 Å². The van der Waals surface area contributed by atoms with Crippen molar-refractivity contribution in [1.82, 2.24) is 5.32 Å². The molecular weight excluding hydrogens is 392 g/mol. The maximum absolute atomic E-state index is 13.8. The molecular formula is C20H20F4N2O3. The van der Waals surface area contributed by atoms with Crippen LogP contribution in [0.2, 0.25) is 0 Å². The van der Waals surface area contributed by atoms with E-state index >= 15 is 0 Å². The third-order valence-corrected chi connectivity index (χ3v) is 3.95. The van der Waals surface area contributed by atoms with Crippen molar-refractivity contribution in [2.24, 2.45) is 0 Å². The first-order valence-corrected chi connectivity index (χ1v) is 8.89. The summed E-state index contributed by atoms with van der Waals surface area (Å²) in [5.41, 5.74) is -0.877. The molecule has 5 nitrogen and oxygen atoms in total. The van der Waals surface area contributed by atoms with Crippen LogP contribution in [0.15, 0.2) is 42.5 Å². The number of hydrogen-bond donors (Lipinski definition) is 2. The zero-order valence-electron chi connectivity index (χ0n) is 15.6. The standard InChI is InChI=1S/C20H20F4N2O3/c1-2-3-10-29-18(27)15-6-4-5-7-17(15)26-19(28)25-12-13-8-9-14(11-16(13)21)20(22,23)24/h4-9,11H,2-3,10,12H2,1H3,(H2,25,26,28). The summed E-state index contributed by atoms with van der Waals surface area (Å²) >= 11 is 0. The van der Waals surface area contributed by atoms with Gasteiger partial charge in [-0.15, -0.1) is 0 Å². The van der Waals surface area contributed by atoms with E-state index in [-0.39, 0.29) is 30.0 Å². The van der Waals surface area contributed by atoms with Crippen LogP contribution >= 0.6 is 0 Å². The number of hydrogen-bond acceptors (Lipinski definition) is 3. The van der Waals surface area contributed by atoms with Gasteiger partial charge in [-0.25, -0.2) is 14.0 Å². The predicted molar refractivity (Wildman–Crippen MR) is 98.9 cm³/mol. The summed E-state index contributed by atoms with van der Waals surface area (Å²) < 4.78 is 56.7. The van der Waals surface area contributed by atoms with Crippen molar-refractivity contribution >= 4 is 17.7 Å². The number of nitrogens with one attached hydrogen (secondary N) is 2.